The number of anilines is 1. The molecule has 2 saturated heterocycles. The van der Waals surface area contributed by atoms with Crippen LogP contribution in [0.2, 0.25) is 0 Å². The van der Waals surface area contributed by atoms with Crippen molar-refractivity contribution in [1.82, 2.24) is 9.80 Å². The molecular formula is C22H33N3O2. The zero-order chi connectivity index (χ0) is 19.2. The number of amides is 2. The SMILES string of the molecule is CCc1cccc(CC)c1NC(=O)CN1CCC(C(=O)N2CCCC2)CC1. The molecule has 5 heteroatoms. The summed E-state index contributed by atoms with van der Waals surface area (Å²) in [4.78, 5) is 29.4. The van der Waals surface area contributed by atoms with E-state index in [4.69, 9.17) is 0 Å². The molecule has 0 aliphatic carbocycles. The molecule has 1 aromatic carbocycles. The second-order valence-electron chi connectivity index (χ2n) is 7.79. The van der Waals surface area contributed by atoms with Crippen molar-refractivity contribution in [3.8, 4) is 0 Å². The predicted octanol–water partition coefficient (Wildman–Crippen LogP) is 3.08. The van der Waals surface area contributed by atoms with Crippen LogP contribution in [0.1, 0.15) is 50.7 Å². The molecule has 0 aromatic heterocycles. The quantitative estimate of drug-likeness (QED) is 0.836. The minimum Gasteiger partial charge on any atom is -0.342 e. The van der Waals surface area contributed by atoms with E-state index < -0.39 is 0 Å². The number of para-hydroxylation sites is 1. The van der Waals surface area contributed by atoms with Crippen LogP contribution in [0.4, 0.5) is 5.69 Å². The Morgan fingerprint density at radius 1 is 1.00 bits per heavy atom. The van der Waals surface area contributed by atoms with Crippen LogP contribution >= 0.6 is 0 Å². The lowest BCUT2D eigenvalue weighted by Gasteiger charge is -2.32. The lowest BCUT2D eigenvalue weighted by atomic mass is 9.95. The van der Waals surface area contributed by atoms with Crippen molar-refractivity contribution in [1.29, 1.82) is 0 Å². The van der Waals surface area contributed by atoms with Gasteiger partial charge in [0.1, 0.15) is 0 Å². The number of carbonyl (C=O) groups excluding carboxylic acids is 2. The largest absolute Gasteiger partial charge is 0.342 e. The fourth-order valence-electron chi connectivity index (χ4n) is 4.32. The first-order valence-corrected chi connectivity index (χ1v) is 10.5. The van der Waals surface area contributed by atoms with Crippen molar-refractivity contribution in [2.24, 2.45) is 5.92 Å². The topological polar surface area (TPSA) is 52.7 Å². The number of rotatable bonds is 6. The Bertz CT molecular complexity index is 637. The highest BCUT2D eigenvalue weighted by Crippen LogP contribution is 2.24. The first kappa shape index (κ1) is 19.9. The van der Waals surface area contributed by atoms with Gasteiger partial charge in [-0.05, 0) is 62.7 Å². The smallest absolute Gasteiger partial charge is 0.238 e. The molecule has 2 amide bonds. The molecule has 27 heavy (non-hydrogen) atoms. The van der Waals surface area contributed by atoms with E-state index in [9.17, 15) is 9.59 Å². The molecule has 0 atom stereocenters. The maximum absolute atomic E-state index is 12.6. The van der Waals surface area contributed by atoms with Crippen molar-refractivity contribution in [3.63, 3.8) is 0 Å². The average molecular weight is 372 g/mol. The van der Waals surface area contributed by atoms with Crippen LogP contribution in [0.15, 0.2) is 18.2 Å². The van der Waals surface area contributed by atoms with Crippen molar-refractivity contribution >= 4 is 17.5 Å². The highest BCUT2D eigenvalue weighted by molar-refractivity contribution is 5.94. The summed E-state index contributed by atoms with van der Waals surface area (Å²) in [6, 6.07) is 6.24. The number of carbonyl (C=O) groups is 2. The summed E-state index contributed by atoms with van der Waals surface area (Å²) in [6.45, 7) is 8.16. The normalized spacial score (nSPS) is 18.7. The third-order valence-electron chi connectivity index (χ3n) is 5.99. The number of hydrogen-bond donors (Lipinski definition) is 1. The lowest BCUT2D eigenvalue weighted by Crippen LogP contribution is -2.44. The second kappa shape index (κ2) is 9.36. The molecule has 0 radical (unpaired) electrons. The summed E-state index contributed by atoms with van der Waals surface area (Å²) in [5.74, 6) is 0.533. The number of nitrogens with one attached hydrogen (secondary N) is 1. The van der Waals surface area contributed by atoms with Gasteiger partial charge in [-0.3, -0.25) is 14.5 Å². The van der Waals surface area contributed by atoms with Gasteiger partial charge < -0.3 is 10.2 Å². The van der Waals surface area contributed by atoms with Crippen LogP contribution in [0.3, 0.4) is 0 Å². The van der Waals surface area contributed by atoms with Gasteiger partial charge in [0, 0.05) is 24.7 Å². The van der Waals surface area contributed by atoms with Gasteiger partial charge in [0.05, 0.1) is 6.54 Å². The Morgan fingerprint density at radius 3 is 2.15 bits per heavy atom. The van der Waals surface area contributed by atoms with E-state index in [1.54, 1.807) is 0 Å². The van der Waals surface area contributed by atoms with E-state index in [1.807, 2.05) is 4.90 Å². The molecular weight excluding hydrogens is 338 g/mol. The summed E-state index contributed by atoms with van der Waals surface area (Å²) in [6.07, 6.45) is 5.84. The Balaban J connectivity index is 1.51. The Hall–Kier alpha value is -1.88. The third kappa shape index (κ3) is 4.89. The molecule has 2 fully saturated rings. The number of benzene rings is 1. The number of hydrogen-bond acceptors (Lipinski definition) is 3. The summed E-state index contributed by atoms with van der Waals surface area (Å²) >= 11 is 0. The highest BCUT2D eigenvalue weighted by atomic mass is 16.2. The fraction of sp³-hybridized carbons (Fsp3) is 0.636. The maximum Gasteiger partial charge on any atom is 0.238 e. The Kier molecular flexibility index (Phi) is 6.89. The van der Waals surface area contributed by atoms with Gasteiger partial charge in [-0.1, -0.05) is 32.0 Å². The second-order valence-corrected chi connectivity index (χ2v) is 7.79. The Morgan fingerprint density at radius 2 is 1.59 bits per heavy atom. The first-order chi connectivity index (χ1) is 13.1. The summed E-state index contributed by atoms with van der Waals surface area (Å²) in [7, 11) is 0. The molecule has 2 heterocycles. The van der Waals surface area contributed by atoms with Gasteiger partial charge in [0.25, 0.3) is 0 Å². The molecule has 1 N–H and O–H groups in total. The predicted molar refractivity (Wildman–Crippen MR) is 109 cm³/mol. The maximum atomic E-state index is 12.6. The summed E-state index contributed by atoms with van der Waals surface area (Å²) < 4.78 is 0. The van der Waals surface area contributed by atoms with E-state index in [2.05, 4.69) is 42.3 Å². The van der Waals surface area contributed by atoms with Crippen molar-refractivity contribution in [2.45, 2.75) is 52.4 Å². The summed E-state index contributed by atoms with van der Waals surface area (Å²) in [5, 5.41) is 3.15. The van der Waals surface area contributed by atoms with Crippen LogP contribution in [-0.2, 0) is 22.4 Å². The van der Waals surface area contributed by atoms with Crippen LogP contribution in [0, 0.1) is 5.92 Å². The van der Waals surface area contributed by atoms with Crippen LogP contribution < -0.4 is 5.32 Å². The third-order valence-corrected chi connectivity index (χ3v) is 5.99. The van der Waals surface area contributed by atoms with Gasteiger partial charge in [-0.15, -0.1) is 0 Å². The minimum absolute atomic E-state index is 0.0509. The zero-order valence-electron chi connectivity index (χ0n) is 16.8. The average Bonchev–Trinajstić information content (AvgIpc) is 3.23. The fourth-order valence-corrected chi connectivity index (χ4v) is 4.32. The van der Waals surface area contributed by atoms with Crippen LogP contribution in [0.25, 0.3) is 0 Å². The van der Waals surface area contributed by atoms with Crippen LogP contribution in [0.5, 0.6) is 0 Å². The van der Waals surface area contributed by atoms with Gasteiger partial charge in [0.2, 0.25) is 11.8 Å². The van der Waals surface area contributed by atoms with Gasteiger partial charge in [-0.2, -0.15) is 0 Å². The molecule has 3 rings (SSSR count). The zero-order valence-corrected chi connectivity index (χ0v) is 16.8. The number of nitrogens with zero attached hydrogens (tertiary/aromatic N) is 2. The van der Waals surface area contributed by atoms with Crippen molar-refractivity contribution in [2.75, 3.05) is 38.0 Å². The molecule has 0 spiro atoms. The molecule has 0 saturated carbocycles. The Labute approximate surface area is 163 Å². The molecule has 2 aliphatic rings. The van der Waals surface area contributed by atoms with Crippen molar-refractivity contribution < 1.29 is 9.59 Å². The molecule has 0 bridgehead atoms. The number of piperidine rings is 1. The van der Waals surface area contributed by atoms with E-state index in [-0.39, 0.29) is 11.8 Å². The van der Waals surface area contributed by atoms with E-state index >= 15 is 0 Å². The van der Waals surface area contributed by atoms with Gasteiger partial charge in [0.15, 0.2) is 0 Å². The van der Waals surface area contributed by atoms with E-state index in [0.717, 1.165) is 70.4 Å². The van der Waals surface area contributed by atoms with Gasteiger partial charge in [-0.25, -0.2) is 0 Å². The molecule has 0 unspecified atom stereocenters. The van der Waals surface area contributed by atoms with E-state index in [1.165, 1.54) is 11.1 Å². The van der Waals surface area contributed by atoms with Crippen LogP contribution in [-0.4, -0.2) is 54.3 Å². The standard InChI is InChI=1S/C22H33N3O2/c1-3-17-8-7-9-18(4-2)21(17)23-20(26)16-24-14-10-19(11-15-24)22(27)25-12-5-6-13-25/h7-9,19H,3-6,10-16H2,1-2H3,(H,23,26). The monoisotopic (exact) mass is 371 g/mol. The van der Waals surface area contributed by atoms with Crippen molar-refractivity contribution in [3.05, 3.63) is 29.3 Å². The van der Waals surface area contributed by atoms with Gasteiger partial charge >= 0.3 is 0 Å². The highest BCUT2D eigenvalue weighted by Gasteiger charge is 2.30. The first-order valence-electron chi connectivity index (χ1n) is 10.5. The lowest BCUT2D eigenvalue weighted by molar-refractivity contribution is -0.136. The van der Waals surface area contributed by atoms with E-state index in [0.29, 0.717) is 12.5 Å². The summed E-state index contributed by atoms with van der Waals surface area (Å²) in [5.41, 5.74) is 3.38. The number of aryl methyl sites for hydroxylation is 2. The number of likely N-dealkylation sites (tertiary alicyclic amines) is 2. The minimum atomic E-state index is 0.0509. The molecule has 148 valence electrons. The molecule has 5 nitrogen and oxygen atoms in total. The molecule has 1 aromatic rings. The molecule has 2 aliphatic heterocycles.